The molecule has 5 nitrogen and oxygen atoms in total. The summed E-state index contributed by atoms with van der Waals surface area (Å²) >= 11 is 0. The molecule has 27 heavy (non-hydrogen) atoms. The second kappa shape index (κ2) is 8.67. The smallest absolute Gasteiger partial charge is 0.252 e. The Labute approximate surface area is 161 Å². The SMILES string of the molecule is CS(=O)(=O)c1ccccc1C(=O)NCC1CCCN(Cc2ccccc2)C1. The fourth-order valence-electron chi connectivity index (χ4n) is 3.61. The van der Waals surface area contributed by atoms with Crippen molar-refractivity contribution in [3.05, 3.63) is 65.7 Å². The summed E-state index contributed by atoms with van der Waals surface area (Å²) in [5, 5.41) is 2.94. The van der Waals surface area contributed by atoms with Gasteiger partial charge in [0, 0.05) is 25.9 Å². The van der Waals surface area contributed by atoms with E-state index in [-0.39, 0.29) is 16.4 Å². The van der Waals surface area contributed by atoms with E-state index in [1.54, 1.807) is 18.2 Å². The molecule has 1 unspecified atom stereocenters. The molecule has 1 aliphatic heterocycles. The Morgan fingerprint density at radius 2 is 1.81 bits per heavy atom. The quantitative estimate of drug-likeness (QED) is 0.829. The minimum absolute atomic E-state index is 0.0804. The number of nitrogens with zero attached hydrogens (tertiary/aromatic N) is 1. The first-order valence-electron chi connectivity index (χ1n) is 9.27. The Morgan fingerprint density at radius 1 is 1.11 bits per heavy atom. The number of benzene rings is 2. The number of carbonyl (C=O) groups is 1. The van der Waals surface area contributed by atoms with Gasteiger partial charge in [0.2, 0.25) is 0 Å². The molecule has 1 fully saturated rings. The summed E-state index contributed by atoms with van der Waals surface area (Å²) in [7, 11) is -3.43. The Morgan fingerprint density at radius 3 is 2.56 bits per heavy atom. The lowest BCUT2D eigenvalue weighted by atomic mass is 9.97. The van der Waals surface area contributed by atoms with E-state index >= 15 is 0 Å². The van der Waals surface area contributed by atoms with Crippen LogP contribution in [0, 0.1) is 5.92 Å². The summed E-state index contributed by atoms with van der Waals surface area (Å²) in [6.45, 7) is 3.48. The molecule has 0 spiro atoms. The fraction of sp³-hybridized carbons (Fsp3) is 0.381. The van der Waals surface area contributed by atoms with E-state index < -0.39 is 9.84 Å². The summed E-state index contributed by atoms with van der Waals surface area (Å²) in [6, 6.07) is 16.8. The molecule has 6 heteroatoms. The molecule has 0 aromatic heterocycles. The molecule has 1 saturated heterocycles. The molecule has 3 rings (SSSR count). The third kappa shape index (κ3) is 5.40. The van der Waals surface area contributed by atoms with E-state index in [1.165, 1.54) is 11.6 Å². The van der Waals surface area contributed by atoms with E-state index in [1.807, 2.05) is 6.07 Å². The lowest BCUT2D eigenvalue weighted by molar-refractivity contribution is 0.0927. The van der Waals surface area contributed by atoms with Crippen molar-refractivity contribution in [2.45, 2.75) is 24.3 Å². The molecule has 0 radical (unpaired) electrons. The normalized spacial score (nSPS) is 18.2. The van der Waals surface area contributed by atoms with Crippen molar-refractivity contribution in [2.75, 3.05) is 25.9 Å². The van der Waals surface area contributed by atoms with Gasteiger partial charge in [-0.2, -0.15) is 0 Å². The van der Waals surface area contributed by atoms with Crippen molar-refractivity contribution < 1.29 is 13.2 Å². The van der Waals surface area contributed by atoms with Crippen molar-refractivity contribution in [3.63, 3.8) is 0 Å². The average Bonchev–Trinajstić information content (AvgIpc) is 2.66. The second-order valence-electron chi connectivity index (χ2n) is 7.21. The monoisotopic (exact) mass is 386 g/mol. The number of carbonyl (C=O) groups excluding carboxylic acids is 1. The Kier molecular flexibility index (Phi) is 6.29. The van der Waals surface area contributed by atoms with E-state index in [9.17, 15) is 13.2 Å². The molecule has 1 aliphatic rings. The van der Waals surface area contributed by atoms with Crippen LogP contribution in [0.2, 0.25) is 0 Å². The fourth-order valence-corrected chi connectivity index (χ4v) is 4.50. The number of likely N-dealkylation sites (tertiary alicyclic amines) is 1. The molecule has 0 bridgehead atoms. The number of amides is 1. The van der Waals surface area contributed by atoms with Crippen LogP contribution in [0.25, 0.3) is 0 Å². The first-order valence-corrected chi connectivity index (χ1v) is 11.2. The van der Waals surface area contributed by atoms with Crippen molar-refractivity contribution in [1.29, 1.82) is 0 Å². The van der Waals surface area contributed by atoms with Gasteiger partial charge in [0.05, 0.1) is 10.5 Å². The highest BCUT2D eigenvalue weighted by molar-refractivity contribution is 7.90. The molecule has 1 atom stereocenters. The highest BCUT2D eigenvalue weighted by Gasteiger charge is 2.22. The number of hydrogen-bond acceptors (Lipinski definition) is 4. The molecule has 0 saturated carbocycles. The van der Waals surface area contributed by atoms with Crippen LogP contribution in [0.5, 0.6) is 0 Å². The van der Waals surface area contributed by atoms with Gasteiger partial charge in [-0.1, -0.05) is 42.5 Å². The number of piperidine rings is 1. The molecule has 1 heterocycles. The maximum atomic E-state index is 12.5. The minimum atomic E-state index is -3.43. The van der Waals surface area contributed by atoms with Crippen molar-refractivity contribution in [3.8, 4) is 0 Å². The zero-order chi connectivity index (χ0) is 19.3. The average molecular weight is 387 g/mol. The van der Waals surface area contributed by atoms with E-state index in [0.29, 0.717) is 12.5 Å². The molecule has 1 amide bonds. The molecule has 2 aromatic rings. The highest BCUT2D eigenvalue weighted by atomic mass is 32.2. The van der Waals surface area contributed by atoms with Gasteiger partial charge in [0.25, 0.3) is 5.91 Å². The predicted molar refractivity (Wildman–Crippen MR) is 106 cm³/mol. The number of sulfone groups is 1. The van der Waals surface area contributed by atoms with Crippen molar-refractivity contribution in [1.82, 2.24) is 10.2 Å². The van der Waals surface area contributed by atoms with Gasteiger partial charge in [0.1, 0.15) is 0 Å². The van der Waals surface area contributed by atoms with E-state index in [2.05, 4.69) is 34.5 Å². The van der Waals surface area contributed by atoms with Gasteiger partial charge in [0.15, 0.2) is 9.84 Å². The third-order valence-corrected chi connectivity index (χ3v) is 6.09. The molecular formula is C21H26N2O3S. The molecular weight excluding hydrogens is 360 g/mol. The molecule has 2 aromatic carbocycles. The van der Waals surface area contributed by atoms with Gasteiger partial charge < -0.3 is 5.32 Å². The largest absolute Gasteiger partial charge is 0.352 e. The summed E-state index contributed by atoms with van der Waals surface area (Å²) in [4.78, 5) is 15.0. The van der Waals surface area contributed by atoms with Gasteiger partial charge in [-0.15, -0.1) is 0 Å². The first-order chi connectivity index (χ1) is 12.9. The molecule has 0 aliphatic carbocycles. The van der Waals surface area contributed by atoms with Gasteiger partial charge >= 0.3 is 0 Å². The van der Waals surface area contributed by atoms with Gasteiger partial charge in [-0.05, 0) is 43.0 Å². The summed E-state index contributed by atoms with van der Waals surface area (Å²) in [6.07, 6.45) is 3.30. The standard InChI is InChI=1S/C21H26N2O3S/c1-27(25,26)20-12-6-5-11-19(20)21(24)22-14-18-10-7-13-23(16-18)15-17-8-3-2-4-9-17/h2-6,8-9,11-12,18H,7,10,13-16H2,1H3,(H,22,24). The van der Waals surface area contributed by atoms with Gasteiger partial charge in [-0.25, -0.2) is 8.42 Å². The second-order valence-corrected chi connectivity index (χ2v) is 9.19. The van der Waals surface area contributed by atoms with Crippen LogP contribution in [-0.2, 0) is 16.4 Å². The summed E-state index contributed by atoms with van der Waals surface area (Å²) in [5.74, 6) is 0.0491. The maximum Gasteiger partial charge on any atom is 0.252 e. The van der Waals surface area contributed by atoms with Crippen LogP contribution in [0.15, 0.2) is 59.5 Å². The van der Waals surface area contributed by atoms with Crippen LogP contribution in [-0.4, -0.2) is 45.1 Å². The van der Waals surface area contributed by atoms with Crippen molar-refractivity contribution >= 4 is 15.7 Å². The van der Waals surface area contributed by atoms with Crippen LogP contribution in [0.1, 0.15) is 28.8 Å². The maximum absolute atomic E-state index is 12.5. The third-order valence-electron chi connectivity index (χ3n) is 4.93. The zero-order valence-electron chi connectivity index (χ0n) is 15.6. The number of hydrogen-bond donors (Lipinski definition) is 1. The summed E-state index contributed by atoms with van der Waals surface area (Å²) < 4.78 is 23.8. The first kappa shape index (κ1) is 19.6. The lowest BCUT2D eigenvalue weighted by Crippen LogP contribution is -2.40. The minimum Gasteiger partial charge on any atom is -0.352 e. The van der Waals surface area contributed by atoms with Crippen LogP contribution < -0.4 is 5.32 Å². The van der Waals surface area contributed by atoms with Crippen molar-refractivity contribution in [2.24, 2.45) is 5.92 Å². The van der Waals surface area contributed by atoms with E-state index in [0.717, 1.165) is 38.7 Å². The Bertz CT molecular complexity index is 881. The van der Waals surface area contributed by atoms with Crippen LogP contribution in [0.4, 0.5) is 0 Å². The molecule has 1 N–H and O–H groups in total. The lowest BCUT2D eigenvalue weighted by Gasteiger charge is -2.32. The predicted octanol–water partition coefficient (Wildman–Crippen LogP) is 2.73. The highest BCUT2D eigenvalue weighted by Crippen LogP contribution is 2.19. The Hall–Kier alpha value is -2.18. The molecule has 144 valence electrons. The van der Waals surface area contributed by atoms with E-state index in [4.69, 9.17) is 0 Å². The van der Waals surface area contributed by atoms with Crippen LogP contribution in [0.3, 0.4) is 0 Å². The summed E-state index contributed by atoms with van der Waals surface area (Å²) in [5.41, 5.74) is 1.52. The zero-order valence-corrected chi connectivity index (χ0v) is 16.4. The number of nitrogens with one attached hydrogen (secondary N) is 1. The van der Waals surface area contributed by atoms with Gasteiger partial charge in [-0.3, -0.25) is 9.69 Å². The Balaban J connectivity index is 1.58. The van der Waals surface area contributed by atoms with Crippen LogP contribution >= 0.6 is 0 Å². The number of rotatable bonds is 6. The topological polar surface area (TPSA) is 66.5 Å².